The molecule has 1 heterocycles. The van der Waals surface area contributed by atoms with Crippen LogP contribution in [0.1, 0.15) is 27.2 Å². The molecule has 0 radical (unpaired) electrons. The molecule has 0 bridgehead atoms. The Bertz CT molecular complexity index is 486. The van der Waals surface area contributed by atoms with E-state index in [-0.39, 0.29) is 6.42 Å². The fourth-order valence-electron chi connectivity index (χ4n) is 1.94. The van der Waals surface area contributed by atoms with E-state index in [1.165, 1.54) is 0 Å². The van der Waals surface area contributed by atoms with Crippen molar-refractivity contribution in [2.45, 2.75) is 38.4 Å². The van der Waals surface area contributed by atoms with E-state index in [1.54, 1.807) is 20.8 Å². The molecule has 7 heteroatoms. The zero-order valence-corrected chi connectivity index (χ0v) is 12.4. The van der Waals surface area contributed by atoms with Gasteiger partial charge in [-0.2, -0.15) is 0 Å². The highest BCUT2D eigenvalue weighted by molar-refractivity contribution is 5.98. The van der Waals surface area contributed by atoms with Gasteiger partial charge in [-0.15, -0.1) is 0 Å². The van der Waals surface area contributed by atoms with Gasteiger partial charge in [0.05, 0.1) is 7.11 Å². The van der Waals surface area contributed by atoms with E-state index in [0.717, 1.165) is 19.3 Å². The van der Waals surface area contributed by atoms with Crippen molar-refractivity contribution in [1.29, 1.82) is 0 Å². The van der Waals surface area contributed by atoms with Crippen molar-refractivity contribution in [3.05, 3.63) is 12.2 Å². The summed E-state index contributed by atoms with van der Waals surface area (Å²) in [6.45, 7) is 4.93. The molecule has 21 heavy (non-hydrogen) atoms. The maximum Gasteiger partial charge on any atom is 0.355 e. The first kappa shape index (κ1) is 16.9. The van der Waals surface area contributed by atoms with E-state index in [0.29, 0.717) is 6.29 Å². The number of carbonyl (C=O) groups excluding carboxylic acids is 4. The predicted octanol–water partition coefficient (Wildman–Crippen LogP) is 0.558. The van der Waals surface area contributed by atoms with Gasteiger partial charge in [0, 0.05) is 12.5 Å². The van der Waals surface area contributed by atoms with Crippen LogP contribution in [-0.4, -0.2) is 42.5 Å². The normalized spacial score (nSPS) is 22.4. The number of aldehydes is 1. The smallest absolute Gasteiger partial charge is 0.355 e. The maximum absolute atomic E-state index is 12.3. The highest BCUT2D eigenvalue weighted by Gasteiger charge is 2.55. The van der Waals surface area contributed by atoms with E-state index in [9.17, 15) is 19.2 Å². The summed E-state index contributed by atoms with van der Waals surface area (Å²) in [6, 6.07) is 0. The van der Waals surface area contributed by atoms with Crippen molar-refractivity contribution >= 4 is 24.2 Å². The summed E-state index contributed by atoms with van der Waals surface area (Å²) in [5, 5.41) is 0. The number of cyclic esters (lactones) is 1. The first-order valence-electron chi connectivity index (χ1n) is 6.33. The van der Waals surface area contributed by atoms with Crippen molar-refractivity contribution < 1.29 is 33.4 Å². The number of methoxy groups -OCH3 is 1. The van der Waals surface area contributed by atoms with Gasteiger partial charge < -0.3 is 19.0 Å². The first-order chi connectivity index (χ1) is 9.66. The third kappa shape index (κ3) is 3.68. The fraction of sp³-hybridized carbons (Fsp3) is 0.571. The van der Waals surface area contributed by atoms with Crippen molar-refractivity contribution in [1.82, 2.24) is 0 Å². The summed E-state index contributed by atoms with van der Waals surface area (Å²) in [5.41, 5.74) is -2.78. The Morgan fingerprint density at radius 3 is 2.43 bits per heavy atom. The number of ether oxygens (including phenoxy) is 3. The van der Waals surface area contributed by atoms with Gasteiger partial charge in [-0.25, -0.2) is 9.59 Å². The Labute approximate surface area is 122 Å². The molecule has 0 aromatic carbocycles. The highest BCUT2D eigenvalue weighted by atomic mass is 16.6. The zero-order valence-electron chi connectivity index (χ0n) is 12.4. The lowest BCUT2D eigenvalue weighted by Crippen LogP contribution is -2.51. The van der Waals surface area contributed by atoms with Crippen molar-refractivity contribution in [3.63, 3.8) is 0 Å². The average molecular weight is 298 g/mol. The van der Waals surface area contributed by atoms with Crippen LogP contribution in [0.25, 0.3) is 0 Å². The molecular formula is C14H18O7. The van der Waals surface area contributed by atoms with Gasteiger partial charge in [0.2, 0.25) is 5.60 Å². The molecule has 1 rings (SSSR count). The Morgan fingerprint density at radius 1 is 1.43 bits per heavy atom. The molecule has 0 N–H and O–H groups in total. The van der Waals surface area contributed by atoms with Gasteiger partial charge in [0.25, 0.3) is 0 Å². The average Bonchev–Trinajstić information content (AvgIpc) is 2.76. The fourth-order valence-corrected chi connectivity index (χ4v) is 1.94. The predicted molar refractivity (Wildman–Crippen MR) is 70.0 cm³/mol. The van der Waals surface area contributed by atoms with Crippen LogP contribution >= 0.6 is 0 Å². The number of hydrogen-bond donors (Lipinski definition) is 0. The topological polar surface area (TPSA) is 96.0 Å². The second-order valence-corrected chi connectivity index (χ2v) is 5.53. The minimum Gasteiger partial charge on any atom is -0.466 e. The van der Waals surface area contributed by atoms with E-state index >= 15 is 0 Å². The SMILES string of the molecule is COC(=O)C1([C@H](CC=O)C(=O)OC(C)(C)C)C=CC(=O)O1. The lowest BCUT2D eigenvalue weighted by Gasteiger charge is -2.32. The molecule has 0 fully saturated rings. The molecule has 1 aliphatic heterocycles. The molecule has 116 valence electrons. The molecule has 0 aliphatic carbocycles. The quantitative estimate of drug-likeness (QED) is 0.415. The standard InChI is InChI=1S/C14H18O7/c1-13(2,3)21-11(17)9(6-8-15)14(12(18)19-4)7-5-10(16)20-14/h5,7-9H,6H2,1-4H3/t9-,14?/m1/s1. The summed E-state index contributed by atoms with van der Waals surface area (Å²) in [6.07, 6.45) is 2.25. The van der Waals surface area contributed by atoms with Gasteiger partial charge in [-0.05, 0) is 26.8 Å². The van der Waals surface area contributed by atoms with Crippen LogP contribution in [0.15, 0.2) is 12.2 Å². The van der Waals surface area contributed by atoms with Gasteiger partial charge in [0.15, 0.2) is 0 Å². The van der Waals surface area contributed by atoms with Crippen LogP contribution in [0, 0.1) is 5.92 Å². The summed E-state index contributed by atoms with van der Waals surface area (Å²) >= 11 is 0. The van der Waals surface area contributed by atoms with Gasteiger partial charge in [0.1, 0.15) is 17.8 Å². The molecular weight excluding hydrogens is 280 g/mol. The van der Waals surface area contributed by atoms with Crippen molar-refractivity contribution in [2.24, 2.45) is 5.92 Å². The van der Waals surface area contributed by atoms with Gasteiger partial charge in [-0.3, -0.25) is 4.79 Å². The van der Waals surface area contributed by atoms with Crippen LogP contribution in [0.4, 0.5) is 0 Å². The van der Waals surface area contributed by atoms with Crippen LogP contribution in [0.2, 0.25) is 0 Å². The minimum absolute atomic E-state index is 0.346. The van der Waals surface area contributed by atoms with Crippen LogP contribution in [-0.2, 0) is 33.4 Å². The molecule has 0 amide bonds. The number of carbonyl (C=O) groups is 4. The monoisotopic (exact) mass is 298 g/mol. The first-order valence-corrected chi connectivity index (χ1v) is 6.33. The van der Waals surface area contributed by atoms with E-state index < -0.39 is 35.0 Å². The molecule has 1 aliphatic rings. The summed E-state index contributed by atoms with van der Waals surface area (Å²) in [7, 11) is 1.09. The highest BCUT2D eigenvalue weighted by Crippen LogP contribution is 2.34. The zero-order chi connectivity index (χ0) is 16.3. The van der Waals surface area contributed by atoms with Crippen LogP contribution in [0.5, 0.6) is 0 Å². The van der Waals surface area contributed by atoms with Gasteiger partial charge >= 0.3 is 17.9 Å². The van der Waals surface area contributed by atoms with Crippen LogP contribution < -0.4 is 0 Å². The molecule has 0 aromatic heterocycles. The summed E-state index contributed by atoms with van der Waals surface area (Å²) < 4.78 is 14.8. The molecule has 2 atom stereocenters. The molecule has 0 spiro atoms. The molecule has 1 unspecified atom stereocenters. The Balaban J connectivity index is 3.19. The summed E-state index contributed by atoms with van der Waals surface area (Å²) in [4.78, 5) is 46.4. The summed E-state index contributed by atoms with van der Waals surface area (Å²) in [5.74, 6) is -3.86. The second kappa shape index (κ2) is 6.07. The Hall–Kier alpha value is -2.18. The lowest BCUT2D eigenvalue weighted by molar-refractivity contribution is -0.186. The molecule has 0 saturated heterocycles. The lowest BCUT2D eigenvalue weighted by atomic mass is 9.85. The minimum atomic E-state index is -1.96. The Kier molecular flexibility index (Phi) is 4.88. The number of rotatable bonds is 5. The molecule has 0 saturated carbocycles. The third-order valence-electron chi connectivity index (χ3n) is 2.78. The van der Waals surface area contributed by atoms with Crippen LogP contribution in [0.3, 0.4) is 0 Å². The van der Waals surface area contributed by atoms with E-state index in [4.69, 9.17) is 9.47 Å². The number of esters is 3. The largest absolute Gasteiger partial charge is 0.466 e. The van der Waals surface area contributed by atoms with Gasteiger partial charge in [-0.1, -0.05) is 0 Å². The third-order valence-corrected chi connectivity index (χ3v) is 2.78. The molecule has 7 nitrogen and oxygen atoms in total. The van der Waals surface area contributed by atoms with E-state index in [2.05, 4.69) is 4.74 Å². The Morgan fingerprint density at radius 2 is 2.05 bits per heavy atom. The molecule has 0 aromatic rings. The second-order valence-electron chi connectivity index (χ2n) is 5.53. The number of hydrogen-bond acceptors (Lipinski definition) is 7. The van der Waals surface area contributed by atoms with Crippen molar-refractivity contribution in [3.8, 4) is 0 Å². The maximum atomic E-state index is 12.3. The van der Waals surface area contributed by atoms with Crippen molar-refractivity contribution in [2.75, 3.05) is 7.11 Å². The van der Waals surface area contributed by atoms with E-state index in [1.807, 2.05) is 0 Å².